The van der Waals surface area contributed by atoms with E-state index in [0.29, 0.717) is 23.7 Å². The van der Waals surface area contributed by atoms with Crippen LogP contribution in [0.5, 0.6) is 0 Å². The Morgan fingerprint density at radius 3 is 2.45 bits per heavy atom. The molecule has 3 heterocycles. The Morgan fingerprint density at radius 1 is 1.13 bits per heavy atom. The van der Waals surface area contributed by atoms with E-state index in [1.165, 1.54) is 11.9 Å². The van der Waals surface area contributed by atoms with Gasteiger partial charge in [-0.15, -0.1) is 0 Å². The number of aliphatic hydroxyl groups is 3. The van der Waals surface area contributed by atoms with Crippen LogP contribution in [0.15, 0.2) is 30.6 Å². The normalized spacial score (nSPS) is 24.1. The topological polar surface area (TPSA) is 152 Å². The molecule has 4 atom stereocenters. The van der Waals surface area contributed by atoms with Crippen LogP contribution in [0.1, 0.15) is 38.1 Å². The number of benzene rings is 1. The highest BCUT2D eigenvalue weighted by molar-refractivity contribution is 5.84. The van der Waals surface area contributed by atoms with E-state index in [1.807, 2.05) is 12.1 Å². The Labute approximate surface area is 179 Å². The molecule has 0 bridgehead atoms. The number of imidazole rings is 1. The van der Waals surface area contributed by atoms with E-state index in [9.17, 15) is 15.3 Å². The van der Waals surface area contributed by atoms with Crippen molar-refractivity contribution in [2.75, 3.05) is 17.7 Å². The maximum atomic E-state index is 10.5. The Kier molecular flexibility index (Phi) is 5.56. The van der Waals surface area contributed by atoms with Gasteiger partial charge in [0.15, 0.2) is 23.2 Å². The first-order valence-electron chi connectivity index (χ1n) is 10.1. The van der Waals surface area contributed by atoms with Crippen LogP contribution in [0.25, 0.3) is 11.2 Å². The Morgan fingerprint density at radius 2 is 1.84 bits per heavy atom. The zero-order valence-electron chi connectivity index (χ0n) is 17.7. The van der Waals surface area contributed by atoms with Crippen LogP contribution in [0.4, 0.5) is 11.8 Å². The van der Waals surface area contributed by atoms with Crippen LogP contribution in [-0.4, -0.2) is 59.8 Å². The molecule has 10 nitrogen and oxygen atoms in total. The molecular weight excluding hydrogens is 400 g/mol. The average molecular weight is 428 g/mol. The number of fused-ring (bicyclic) bond motifs is 1. The number of nitrogen functional groups attached to an aromatic ring is 1. The van der Waals surface area contributed by atoms with Gasteiger partial charge in [0.1, 0.15) is 24.6 Å². The van der Waals surface area contributed by atoms with Crippen molar-refractivity contribution in [1.29, 1.82) is 0 Å². The summed E-state index contributed by atoms with van der Waals surface area (Å²) in [6.45, 7) is 6.51. The Hall–Kier alpha value is -2.79. The molecule has 0 radical (unpaired) electrons. The lowest BCUT2D eigenvalue weighted by molar-refractivity contribution is -0.0501. The van der Waals surface area contributed by atoms with Crippen LogP contribution in [-0.2, 0) is 16.7 Å². The molecule has 1 aliphatic rings. The maximum absolute atomic E-state index is 10.5. The van der Waals surface area contributed by atoms with Crippen molar-refractivity contribution in [2.45, 2.75) is 57.3 Å². The highest BCUT2D eigenvalue weighted by Gasteiger charge is 2.45. The summed E-state index contributed by atoms with van der Waals surface area (Å²) in [5, 5.41) is 33.4. The minimum atomic E-state index is -1.28. The molecule has 1 aliphatic heterocycles. The van der Waals surface area contributed by atoms with Gasteiger partial charge < -0.3 is 31.1 Å². The van der Waals surface area contributed by atoms with Gasteiger partial charge in [-0.25, -0.2) is 15.0 Å². The van der Waals surface area contributed by atoms with Gasteiger partial charge in [-0.1, -0.05) is 45.0 Å². The van der Waals surface area contributed by atoms with Gasteiger partial charge in [0.2, 0.25) is 5.95 Å². The van der Waals surface area contributed by atoms with E-state index in [-0.39, 0.29) is 11.2 Å². The van der Waals surface area contributed by atoms with Crippen molar-refractivity contribution in [3.8, 4) is 0 Å². The van der Waals surface area contributed by atoms with Gasteiger partial charge in [0.25, 0.3) is 0 Å². The van der Waals surface area contributed by atoms with Gasteiger partial charge in [-0.2, -0.15) is 0 Å². The largest absolute Gasteiger partial charge is 0.394 e. The van der Waals surface area contributed by atoms with Crippen molar-refractivity contribution in [1.82, 2.24) is 19.5 Å². The van der Waals surface area contributed by atoms with Gasteiger partial charge in [0.05, 0.1) is 6.61 Å². The molecule has 1 aromatic carbocycles. The highest BCUT2D eigenvalue weighted by Crippen LogP contribution is 2.35. The third-order valence-electron chi connectivity index (χ3n) is 5.55. The summed E-state index contributed by atoms with van der Waals surface area (Å²) >= 11 is 0. The summed E-state index contributed by atoms with van der Waals surface area (Å²) in [7, 11) is 0. The minimum absolute atomic E-state index is 0.0656. The van der Waals surface area contributed by atoms with E-state index >= 15 is 0 Å². The van der Waals surface area contributed by atoms with Crippen molar-refractivity contribution in [3.05, 3.63) is 41.7 Å². The van der Waals surface area contributed by atoms with Crippen molar-refractivity contribution >= 4 is 22.9 Å². The second-order valence-electron chi connectivity index (χ2n) is 8.77. The predicted octanol–water partition coefficient (Wildman–Crippen LogP) is 0.930. The summed E-state index contributed by atoms with van der Waals surface area (Å²) in [6.07, 6.45) is -3.15. The van der Waals surface area contributed by atoms with E-state index in [0.717, 1.165) is 5.56 Å². The van der Waals surface area contributed by atoms with Crippen molar-refractivity contribution in [3.63, 3.8) is 0 Å². The minimum Gasteiger partial charge on any atom is -0.394 e. The smallest absolute Gasteiger partial charge is 0.207 e. The molecule has 166 valence electrons. The number of nitrogens with one attached hydrogen (secondary N) is 1. The molecule has 1 saturated heterocycles. The van der Waals surface area contributed by atoms with Gasteiger partial charge in [-0.3, -0.25) is 4.57 Å². The van der Waals surface area contributed by atoms with Crippen LogP contribution in [0, 0.1) is 0 Å². The molecule has 31 heavy (non-hydrogen) atoms. The third kappa shape index (κ3) is 3.94. The van der Waals surface area contributed by atoms with Gasteiger partial charge in [-0.05, 0) is 16.5 Å². The number of aromatic nitrogens is 4. The number of anilines is 2. The first-order valence-corrected chi connectivity index (χ1v) is 10.1. The lowest BCUT2D eigenvalue weighted by atomic mass is 9.87. The van der Waals surface area contributed by atoms with E-state index in [1.54, 1.807) is 4.57 Å². The Bertz CT molecular complexity index is 1060. The standard InChI is InChI=1S/C21H28N6O4/c1-21(2,3)12-6-4-11(5-7-12)8-23-20-26-14-17(22)24-10-25-18(14)27(20)19-16(30)15(29)13(9-28)31-19/h4-7,10,13,15-16,19,28-30H,8-9H2,1-3H3,(H,23,26)(H2,22,24,25)/t13-,15-,16-,19-/m1/s1. The fourth-order valence-corrected chi connectivity index (χ4v) is 3.69. The first-order chi connectivity index (χ1) is 14.7. The SMILES string of the molecule is CC(C)(C)c1ccc(CNc2nc3c(N)ncnc3n2[C@@H]2O[C@H](CO)[C@@H](O)[C@H]2O)cc1. The zero-order chi connectivity index (χ0) is 22.3. The summed E-state index contributed by atoms with van der Waals surface area (Å²) in [6, 6.07) is 8.27. The third-order valence-corrected chi connectivity index (χ3v) is 5.55. The molecular formula is C21H28N6O4. The number of hydrogen-bond acceptors (Lipinski definition) is 9. The lowest BCUT2D eigenvalue weighted by Gasteiger charge is -2.20. The zero-order valence-corrected chi connectivity index (χ0v) is 17.7. The monoisotopic (exact) mass is 428 g/mol. The second kappa shape index (κ2) is 8.04. The maximum Gasteiger partial charge on any atom is 0.207 e. The molecule has 10 heteroatoms. The number of hydrogen-bond donors (Lipinski definition) is 5. The summed E-state index contributed by atoms with van der Waals surface area (Å²) < 4.78 is 7.25. The molecule has 3 aromatic rings. The quantitative estimate of drug-likeness (QED) is 0.399. The van der Waals surface area contributed by atoms with Crippen molar-refractivity contribution < 1.29 is 20.1 Å². The lowest BCUT2D eigenvalue weighted by Crippen LogP contribution is -2.33. The molecule has 1 fully saturated rings. The second-order valence-corrected chi connectivity index (χ2v) is 8.77. The Balaban J connectivity index is 1.66. The van der Waals surface area contributed by atoms with E-state index < -0.39 is 31.1 Å². The molecule has 4 rings (SSSR count). The van der Waals surface area contributed by atoms with Crippen molar-refractivity contribution in [2.24, 2.45) is 0 Å². The number of aliphatic hydroxyl groups excluding tert-OH is 3. The molecule has 0 saturated carbocycles. The fraction of sp³-hybridized carbons (Fsp3) is 0.476. The number of ether oxygens (including phenoxy) is 1. The van der Waals surface area contributed by atoms with Gasteiger partial charge in [0, 0.05) is 6.54 Å². The molecule has 0 unspecified atom stereocenters. The summed E-state index contributed by atoms with van der Waals surface area (Å²) in [5.41, 5.74) is 9.01. The molecule has 0 aliphatic carbocycles. The van der Waals surface area contributed by atoms with Crippen LogP contribution in [0.2, 0.25) is 0 Å². The van der Waals surface area contributed by atoms with E-state index in [2.05, 4.69) is 53.2 Å². The fourth-order valence-electron chi connectivity index (χ4n) is 3.69. The summed E-state index contributed by atoms with van der Waals surface area (Å²) in [4.78, 5) is 12.7. The molecule has 0 spiro atoms. The number of rotatable bonds is 5. The number of nitrogens with zero attached hydrogens (tertiary/aromatic N) is 4. The van der Waals surface area contributed by atoms with Crippen LogP contribution in [0.3, 0.4) is 0 Å². The molecule has 0 amide bonds. The first kappa shape index (κ1) is 21.4. The van der Waals surface area contributed by atoms with Gasteiger partial charge >= 0.3 is 0 Å². The van der Waals surface area contributed by atoms with Crippen LogP contribution < -0.4 is 11.1 Å². The average Bonchev–Trinajstić information content (AvgIpc) is 3.24. The number of nitrogens with two attached hydrogens (primary N) is 1. The predicted molar refractivity (Wildman–Crippen MR) is 115 cm³/mol. The highest BCUT2D eigenvalue weighted by atomic mass is 16.6. The van der Waals surface area contributed by atoms with Crippen LogP contribution >= 0.6 is 0 Å². The summed E-state index contributed by atoms with van der Waals surface area (Å²) in [5.74, 6) is 0.546. The molecule has 6 N–H and O–H groups in total. The molecule has 2 aromatic heterocycles. The van der Waals surface area contributed by atoms with E-state index in [4.69, 9.17) is 10.5 Å².